The highest BCUT2D eigenvalue weighted by atomic mass is 79.9. The van der Waals surface area contributed by atoms with Crippen molar-refractivity contribution >= 4 is 21.6 Å². The second kappa shape index (κ2) is 6.18. The van der Waals surface area contributed by atoms with Gasteiger partial charge < -0.3 is 4.74 Å². The number of nitrogens with zero attached hydrogens (tertiary/aromatic N) is 1. The van der Waals surface area contributed by atoms with Crippen molar-refractivity contribution in [2.24, 2.45) is 0 Å². The number of halogens is 1. The van der Waals surface area contributed by atoms with Gasteiger partial charge in [-0.1, -0.05) is 35.8 Å². The van der Waals surface area contributed by atoms with E-state index in [9.17, 15) is 10.1 Å². The number of nitro benzene ring substituents is 1. The van der Waals surface area contributed by atoms with Gasteiger partial charge in [-0.2, -0.15) is 0 Å². The Hall–Kier alpha value is -1.10. The molecule has 0 aliphatic carbocycles. The van der Waals surface area contributed by atoms with Gasteiger partial charge in [0.25, 0.3) is 0 Å². The maximum Gasteiger partial charge on any atom is 0.310 e. The van der Waals surface area contributed by atoms with Gasteiger partial charge in [-0.3, -0.25) is 10.1 Å². The van der Waals surface area contributed by atoms with Crippen LogP contribution in [0.15, 0.2) is 18.2 Å². The summed E-state index contributed by atoms with van der Waals surface area (Å²) in [7, 11) is 0. The fourth-order valence-electron chi connectivity index (χ4n) is 1.58. The quantitative estimate of drug-likeness (QED) is 0.463. The van der Waals surface area contributed by atoms with Crippen LogP contribution in [-0.2, 0) is 0 Å². The van der Waals surface area contributed by atoms with Crippen LogP contribution < -0.4 is 4.74 Å². The van der Waals surface area contributed by atoms with E-state index in [0.717, 1.165) is 5.56 Å². The molecule has 1 rings (SSSR count). The smallest absolute Gasteiger partial charge is 0.310 e. The molecule has 0 saturated heterocycles. The fourth-order valence-corrected chi connectivity index (χ4v) is 1.88. The molecule has 0 heterocycles. The first kappa shape index (κ1) is 15.0. The summed E-state index contributed by atoms with van der Waals surface area (Å²) in [5.41, 5.74) is 1.04. The van der Waals surface area contributed by atoms with E-state index in [-0.39, 0.29) is 17.7 Å². The molecule has 0 radical (unpaired) electrons. The number of ether oxygens (including phenoxy) is 1. The molecule has 0 N–H and O–H groups in total. The summed E-state index contributed by atoms with van der Waals surface area (Å²) in [5, 5.41) is 10.9. The molecule has 1 aromatic carbocycles. The van der Waals surface area contributed by atoms with Gasteiger partial charge >= 0.3 is 5.69 Å². The van der Waals surface area contributed by atoms with Gasteiger partial charge in [-0.25, -0.2) is 0 Å². The van der Waals surface area contributed by atoms with Gasteiger partial charge in [0.05, 0.1) is 11.0 Å². The molecule has 18 heavy (non-hydrogen) atoms. The van der Waals surface area contributed by atoms with E-state index in [2.05, 4.69) is 29.8 Å². The van der Waals surface area contributed by atoms with Gasteiger partial charge in [-0.15, -0.1) is 0 Å². The SMILES string of the molecule is CC(C)Oc1cc(C(C)C(C)Br)ccc1[N+](=O)[O-]. The number of hydrogen-bond acceptors (Lipinski definition) is 3. The molecular weight excluding hydrogens is 298 g/mol. The van der Waals surface area contributed by atoms with Crippen molar-refractivity contribution < 1.29 is 9.66 Å². The Morgan fingerprint density at radius 2 is 1.89 bits per heavy atom. The van der Waals surface area contributed by atoms with Crippen LogP contribution in [0.3, 0.4) is 0 Å². The van der Waals surface area contributed by atoms with Crippen molar-refractivity contribution in [2.45, 2.75) is 44.5 Å². The second-order valence-corrected chi connectivity index (χ2v) is 6.06. The minimum absolute atomic E-state index is 0.0156. The summed E-state index contributed by atoms with van der Waals surface area (Å²) in [6.45, 7) is 7.83. The first-order chi connectivity index (χ1) is 8.32. The Bertz CT molecular complexity index is 432. The highest BCUT2D eigenvalue weighted by Crippen LogP contribution is 2.33. The second-order valence-electron chi connectivity index (χ2n) is 4.62. The predicted molar refractivity (Wildman–Crippen MR) is 75.7 cm³/mol. The van der Waals surface area contributed by atoms with Crippen molar-refractivity contribution in [3.05, 3.63) is 33.9 Å². The average molecular weight is 316 g/mol. The topological polar surface area (TPSA) is 52.4 Å². The maximum absolute atomic E-state index is 10.9. The molecule has 0 fully saturated rings. The zero-order chi connectivity index (χ0) is 13.9. The summed E-state index contributed by atoms with van der Waals surface area (Å²) in [5.74, 6) is 0.604. The standard InChI is InChI=1S/C13H18BrNO3/c1-8(2)18-13-7-11(9(3)10(4)14)5-6-12(13)15(16)17/h5-10H,1-4H3. The lowest BCUT2D eigenvalue weighted by Gasteiger charge is -2.17. The first-order valence-corrected chi connectivity index (χ1v) is 6.83. The highest BCUT2D eigenvalue weighted by Gasteiger charge is 2.20. The molecule has 0 spiro atoms. The largest absolute Gasteiger partial charge is 0.484 e. The molecule has 0 aliphatic heterocycles. The lowest BCUT2D eigenvalue weighted by atomic mass is 9.98. The van der Waals surface area contributed by atoms with Crippen LogP contribution in [0.25, 0.3) is 0 Å². The van der Waals surface area contributed by atoms with E-state index in [1.54, 1.807) is 12.1 Å². The predicted octanol–water partition coefficient (Wildman–Crippen LogP) is 4.27. The summed E-state index contributed by atoms with van der Waals surface area (Å²) < 4.78 is 5.52. The van der Waals surface area contributed by atoms with Crippen LogP contribution in [0.4, 0.5) is 5.69 Å². The number of hydrogen-bond donors (Lipinski definition) is 0. The number of alkyl halides is 1. The van der Waals surface area contributed by atoms with Gasteiger partial charge in [0, 0.05) is 10.9 Å². The van der Waals surface area contributed by atoms with Gasteiger partial charge in [0.2, 0.25) is 0 Å². The molecule has 5 heteroatoms. The monoisotopic (exact) mass is 315 g/mol. The summed E-state index contributed by atoms with van der Waals surface area (Å²) in [6.07, 6.45) is -0.0874. The molecule has 1 aromatic rings. The Kier molecular flexibility index (Phi) is 5.14. The fraction of sp³-hybridized carbons (Fsp3) is 0.538. The Labute approximate surface area is 116 Å². The molecular formula is C13H18BrNO3. The molecule has 4 nitrogen and oxygen atoms in total. The van der Waals surface area contributed by atoms with E-state index < -0.39 is 4.92 Å². The lowest BCUT2D eigenvalue weighted by molar-refractivity contribution is -0.386. The van der Waals surface area contributed by atoms with Gasteiger partial charge in [-0.05, 0) is 31.4 Å². The highest BCUT2D eigenvalue weighted by molar-refractivity contribution is 9.09. The summed E-state index contributed by atoms with van der Waals surface area (Å²) in [6, 6.07) is 5.06. The van der Waals surface area contributed by atoms with Crippen molar-refractivity contribution in [3.63, 3.8) is 0 Å². The number of benzene rings is 1. The zero-order valence-electron chi connectivity index (χ0n) is 11.0. The molecule has 2 atom stereocenters. The van der Waals surface area contributed by atoms with Crippen LogP contribution in [0.2, 0.25) is 0 Å². The Morgan fingerprint density at radius 3 is 2.33 bits per heavy atom. The molecule has 0 saturated carbocycles. The Morgan fingerprint density at radius 1 is 1.28 bits per heavy atom. The Balaban J connectivity index is 3.16. The third kappa shape index (κ3) is 3.70. The van der Waals surface area contributed by atoms with E-state index in [4.69, 9.17) is 4.74 Å². The molecule has 0 bridgehead atoms. The van der Waals surface area contributed by atoms with E-state index in [1.807, 2.05) is 13.8 Å². The minimum Gasteiger partial charge on any atom is -0.484 e. The lowest BCUT2D eigenvalue weighted by Crippen LogP contribution is -2.09. The van der Waals surface area contributed by atoms with Crippen LogP contribution in [0.5, 0.6) is 5.75 Å². The van der Waals surface area contributed by atoms with Crippen molar-refractivity contribution in [3.8, 4) is 5.75 Å². The van der Waals surface area contributed by atoms with Crippen LogP contribution in [-0.4, -0.2) is 15.9 Å². The van der Waals surface area contributed by atoms with E-state index in [0.29, 0.717) is 10.6 Å². The summed E-state index contributed by atoms with van der Waals surface area (Å²) in [4.78, 5) is 10.8. The van der Waals surface area contributed by atoms with Crippen molar-refractivity contribution in [1.82, 2.24) is 0 Å². The van der Waals surface area contributed by atoms with Gasteiger partial charge in [0.15, 0.2) is 5.75 Å². The number of nitro groups is 1. The third-order valence-corrected chi connectivity index (χ3v) is 3.55. The molecule has 0 aromatic heterocycles. The van der Waals surface area contributed by atoms with Crippen molar-refractivity contribution in [2.75, 3.05) is 0 Å². The van der Waals surface area contributed by atoms with Crippen LogP contribution in [0.1, 0.15) is 39.2 Å². The first-order valence-electron chi connectivity index (χ1n) is 5.92. The van der Waals surface area contributed by atoms with Crippen LogP contribution >= 0.6 is 15.9 Å². The van der Waals surface area contributed by atoms with E-state index >= 15 is 0 Å². The summed E-state index contributed by atoms with van der Waals surface area (Å²) >= 11 is 3.52. The molecule has 0 amide bonds. The third-order valence-electron chi connectivity index (χ3n) is 2.76. The molecule has 0 aliphatic rings. The normalized spacial score (nSPS) is 14.3. The van der Waals surface area contributed by atoms with E-state index in [1.165, 1.54) is 6.07 Å². The molecule has 100 valence electrons. The maximum atomic E-state index is 10.9. The zero-order valence-corrected chi connectivity index (χ0v) is 12.6. The molecule has 2 unspecified atom stereocenters. The average Bonchev–Trinajstić information content (AvgIpc) is 2.26. The van der Waals surface area contributed by atoms with Gasteiger partial charge in [0.1, 0.15) is 0 Å². The van der Waals surface area contributed by atoms with Crippen LogP contribution in [0, 0.1) is 10.1 Å². The minimum atomic E-state index is -0.413. The van der Waals surface area contributed by atoms with Crippen molar-refractivity contribution in [1.29, 1.82) is 0 Å². The number of rotatable bonds is 5.